The summed E-state index contributed by atoms with van der Waals surface area (Å²) in [7, 11) is -1.97. The molecule has 6 rings (SSSR count). The Bertz CT molecular complexity index is 1620. The Kier molecular flexibility index (Phi) is 5.95. The summed E-state index contributed by atoms with van der Waals surface area (Å²) in [6.45, 7) is 3.21. The highest BCUT2D eigenvalue weighted by molar-refractivity contribution is 7.89. The molecule has 0 N–H and O–H groups in total. The fourth-order valence-electron chi connectivity index (χ4n) is 5.44. The molecule has 1 aliphatic carbocycles. The second kappa shape index (κ2) is 9.21. The van der Waals surface area contributed by atoms with Crippen molar-refractivity contribution in [3.05, 3.63) is 77.6 Å². The molecule has 0 unspecified atom stereocenters. The quantitative estimate of drug-likeness (QED) is 0.359. The molecule has 12 heteroatoms. The molecule has 0 amide bonds. The van der Waals surface area contributed by atoms with Gasteiger partial charge in [-0.15, -0.1) is 0 Å². The third-order valence-electron chi connectivity index (χ3n) is 7.44. The zero-order valence-electron chi connectivity index (χ0n) is 21.2. The van der Waals surface area contributed by atoms with E-state index in [1.807, 2.05) is 6.92 Å². The molecule has 4 heterocycles. The Balaban J connectivity index is 1.38. The number of ether oxygens (including phenoxy) is 1. The van der Waals surface area contributed by atoms with Crippen molar-refractivity contribution in [2.45, 2.75) is 31.3 Å². The molecule has 198 valence electrons. The predicted octanol–water partition coefficient (Wildman–Crippen LogP) is 3.06. The highest BCUT2D eigenvalue weighted by atomic mass is 32.2. The standard InChI is InChI=1S/C26H28FN7O3S/c1-3-33-25(9-12-29-33)38(35,36)32-13-10-20-14-23-19(16-30-34(23)22-6-4-21(27)5-7-22)15-26(20,17-32)18-37-24-8-11-28-31(24)2/h4-9,11-12,14,16H,3,10,13,15,17-18H2,1-2H3/t26-/m1/s1. The first-order chi connectivity index (χ1) is 18.3. The normalized spacial score (nSPS) is 19.6. The maximum absolute atomic E-state index is 13.7. The lowest BCUT2D eigenvalue weighted by atomic mass is 9.69. The van der Waals surface area contributed by atoms with Crippen LogP contribution in [0.15, 0.2) is 65.6 Å². The van der Waals surface area contributed by atoms with Crippen LogP contribution in [0, 0.1) is 11.2 Å². The fourth-order valence-corrected chi connectivity index (χ4v) is 7.13. The number of halogens is 1. The molecule has 2 aliphatic rings. The van der Waals surface area contributed by atoms with Crippen LogP contribution < -0.4 is 4.74 Å². The highest BCUT2D eigenvalue weighted by Crippen LogP contribution is 2.45. The van der Waals surface area contributed by atoms with Gasteiger partial charge in [0, 0.05) is 38.2 Å². The number of aryl methyl sites for hydroxylation is 2. The van der Waals surface area contributed by atoms with Crippen LogP contribution >= 0.6 is 0 Å². The van der Waals surface area contributed by atoms with Gasteiger partial charge in [0.05, 0.1) is 30.0 Å². The zero-order chi connectivity index (χ0) is 26.5. The summed E-state index contributed by atoms with van der Waals surface area (Å²) in [6, 6.07) is 9.55. The Morgan fingerprint density at radius 2 is 1.87 bits per heavy atom. The number of aromatic nitrogens is 6. The molecular formula is C26H28FN7O3S. The lowest BCUT2D eigenvalue weighted by molar-refractivity contribution is 0.118. The minimum Gasteiger partial charge on any atom is -0.477 e. The molecule has 1 fully saturated rings. The van der Waals surface area contributed by atoms with Gasteiger partial charge < -0.3 is 4.74 Å². The maximum atomic E-state index is 13.7. The SMILES string of the molecule is CCn1nccc1S(=O)(=O)N1CCC2=Cc3c(cnn3-c3ccc(F)cc3)C[C@]2(COc2ccnn2C)C1. The van der Waals surface area contributed by atoms with E-state index in [4.69, 9.17) is 4.74 Å². The average Bonchev–Trinajstić information content (AvgIpc) is 3.66. The van der Waals surface area contributed by atoms with E-state index < -0.39 is 15.4 Å². The summed E-state index contributed by atoms with van der Waals surface area (Å²) in [5, 5.41) is 13.1. The van der Waals surface area contributed by atoms with Crippen molar-refractivity contribution in [2.75, 3.05) is 19.7 Å². The van der Waals surface area contributed by atoms with Gasteiger partial charge in [-0.25, -0.2) is 22.2 Å². The highest BCUT2D eigenvalue weighted by Gasteiger charge is 2.47. The molecule has 1 atom stereocenters. The van der Waals surface area contributed by atoms with Crippen molar-refractivity contribution in [1.29, 1.82) is 0 Å². The first-order valence-electron chi connectivity index (χ1n) is 12.5. The largest absolute Gasteiger partial charge is 0.477 e. The third-order valence-corrected chi connectivity index (χ3v) is 9.31. The van der Waals surface area contributed by atoms with E-state index in [9.17, 15) is 12.8 Å². The average molecular weight is 538 g/mol. The molecule has 0 spiro atoms. The molecule has 3 aromatic heterocycles. The van der Waals surface area contributed by atoms with Gasteiger partial charge in [0.15, 0.2) is 5.03 Å². The minimum absolute atomic E-state index is 0.191. The van der Waals surface area contributed by atoms with E-state index in [0.717, 1.165) is 22.5 Å². The number of rotatable bonds is 7. The topological polar surface area (TPSA) is 100 Å². The van der Waals surface area contributed by atoms with Gasteiger partial charge in [-0.1, -0.05) is 5.57 Å². The van der Waals surface area contributed by atoms with Gasteiger partial charge in [-0.05, 0) is 61.7 Å². The van der Waals surface area contributed by atoms with Crippen LogP contribution in [0.1, 0.15) is 24.6 Å². The monoisotopic (exact) mass is 537 g/mol. The van der Waals surface area contributed by atoms with E-state index in [1.54, 1.807) is 57.4 Å². The summed E-state index contributed by atoms with van der Waals surface area (Å²) < 4.78 is 53.8. The van der Waals surface area contributed by atoms with E-state index in [1.165, 1.54) is 23.0 Å². The van der Waals surface area contributed by atoms with Crippen molar-refractivity contribution in [2.24, 2.45) is 12.5 Å². The molecule has 0 saturated carbocycles. The Morgan fingerprint density at radius 1 is 1.08 bits per heavy atom. The Labute approximate surface area is 220 Å². The molecule has 0 bridgehead atoms. The number of piperidine rings is 1. The van der Waals surface area contributed by atoms with Crippen molar-refractivity contribution in [1.82, 2.24) is 33.6 Å². The van der Waals surface area contributed by atoms with Gasteiger partial charge in [-0.3, -0.25) is 4.68 Å². The van der Waals surface area contributed by atoms with E-state index in [0.29, 0.717) is 31.8 Å². The van der Waals surface area contributed by atoms with Gasteiger partial charge >= 0.3 is 0 Å². The number of hydrogen-bond donors (Lipinski definition) is 0. The van der Waals surface area contributed by atoms with Crippen LogP contribution in [0.25, 0.3) is 11.8 Å². The molecule has 1 aromatic carbocycles. The van der Waals surface area contributed by atoms with Gasteiger partial charge in [0.2, 0.25) is 5.88 Å². The number of fused-ring (bicyclic) bond motifs is 2. The van der Waals surface area contributed by atoms with Crippen LogP contribution in [0.4, 0.5) is 4.39 Å². The molecule has 38 heavy (non-hydrogen) atoms. The fraction of sp³-hybridized carbons (Fsp3) is 0.346. The van der Waals surface area contributed by atoms with Crippen LogP contribution in [0.2, 0.25) is 0 Å². The number of hydrogen-bond acceptors (Lipinski definition) is 6. The van der Waals surface area contributed by atoms with E-state index in [-0.39, 0.29) is 24.0 Å². The minimum atomic E-state index is -3.77. The second-order valence-corrected chi connectivity index (χ2v) is 11.6. The van der Waals surface area contributed by atoms with Crippen LogP contribution in [-0.2, 0) is 30.0 Å². The summed E-state index contributed by atoms with van der Waals surface area (Å²) >= 11 is 0. The van der Waals surface area contributed by atoms with E-state index >= 15 is 0 Å². The molecule has 1 aliphatic heterocycles. The molecule has 10 nitrogen and oxygen atoms in total. The summed E-state index contributed by atoms with van der Waals surface area (Å²) in [4.78, 5) is 0. The first-order valence-corrected chi connectivity index (χ1v) is 13.9. The lowest BCUT2D eigenvalue weighted by Gasteiger charge is -2.45. The molecular weight excluding hydrogens is 509 g/mol. The first kappa shape index (κ1) is 24.6. The van der Waals surface area contributed by atoms with Crippen LogP contribution in [0.3, 0.4) is 0 Å². The zero-order valence-corrected chi connectivity index (χ0v) is 22.0. The van der Waals surface area contributed by atoms with Crippen molar-refractivity contribution >= 4 is 16.1 Å². The molecule has 1 saturated heterocycles. The van der Waals surface area contributed by atoms with E-state index in [2.05, 4.69) is 21.4 Å². The molecule has 0 radical (unpaired) electrons. The lowest BCUT2D eigenvalue weighted by Crippen LogP contribution is -2.52. The van der Waals surface area contributed by atoms with Crippen LogP contribution in [0.5, 0.6) is 5.88 Å². The summed E-state index contributed by atoms with van der Waals surface area (Å²) in [5.41, 5.74) is 3.16. The van der Waals surface area contributed by atoms with Gasteiger partial charge in [0.1, 0.15) is 12.4 Å². The van der Waals surface area contributed by atoms with Crippen LogP contribution in [-0.4, -0.2) is 61.8 Å². The van der Waals surface area contributed by atoms with Gasteiger partial charge in [0.25, 0.3) is 10.0 Å². The summed E-state index contributed by atoms with van der Waals surface area (Å²) in [6.07, 6.45) is 8.18. The number of benzene rings is 1. The number of nitrogens with zero attached hydrogens (tertiary/aromatic N) is 7. The predicted molar refractivity (Wildman–Crippen MR) is 138 cm³/mol. The van der Waals surface area contributed by atoms with Gasteiger partial charge in [-0.2, -0.15) is 19.6 Å². The maximum Gasteiger partial charge on any atom is 0.260 e. The second-order valence-electron chi connectivity index (χ2n) is 9.73. The third kappa shape index (κ3) is 4.04. The Hall–Kier alpha value is -3.77. The number of sulfonamides is 1. The van der Waals surface area contributed by atoms with Crippen molar-refractivity contribution in [3.63, 3.8) is 0 Å². The van der Waals surface area contributed by atoms with Crippen molar-refractivity contribution < 1.29 is 17.5 Å². The van der Waals surface area contributed by atoms with Crippen molar-refractivity contribution in [3.8, 4) is 11.6 Å². The Morgan fingerprint density at radius 3 is 2.61 bits per heavy atom. The molecule has 4 aromatic rings. The smallest absolute Gasteiger partial charge is 0.260 e. The summed E-state index contributed by atoms with van der Waals surface area (Å²) in [5.74, 6) is 0.299.